The third kappa shape index (κ3) is 4.08. The molecule has 0 spiro atoms. The minimum absolute atomic E-state index is 0.0690. The lowest BCUT2D eigenvalue weighted by Gasteiger charge is -2.15. The van der Waals surface area contributed by atoms with E-state index in [0.29, 0.717) is 25.5 Å². The first kappa shape index (κ1) is 13.4. The van der Waals surface area contributed by atoms with E-state index < -0.39 is 6.10 Å². The molecule has 0 aliphatic carbocycles. The van der Waals surface area contributed by atoms with Gasteiger partial charge in [-0.2, -0.15) is 0 Å². The number of ether oxygens (including phenoxy) is 1. The molecule has 5 heteroatoms. The van der Waals surface area contributed by atoms with Crippen molar-refractivity contribution in [2.45, 2.75) is 19.4 Å². The fraction of sp³-hybridized carbons (Fsp3) is 0.909. The van der Waals surface area contributed by atoms with Gasteiger partial charge in [-0.3, -0.25) is 4.79 Å². The standard InChI is InChI=1S/C11H22N2O3/c1-8-5-12-6-10(8)11(15)13-4-3-9(14)7-16-2/h8-10,12,14H,3-7H2,1-2H3,(H,13,15)/t8-,9?,10-/m1/s1. The first-order valence-corrected chi connectivity index (χ1v) is 5.80. The molecule has 1 aliphatic rings. The number of rotatable bonds is 6. The van der Waals surface area contributed by atoms with Gasteiger partial charge >= 0.3 is 0 Å². The molecule has 0 aromatic rings. The Morgan fingerprint density at radius 1 is 1.62 bits per heavy atom. The second-order valence-corrected chi connectivity index (χ2v) is 4.43. The molecule has 3 N–H and O–H groups in total. The fourth-order valence-corrected chi connectivity index (χ4v) is 1.93. The number of hydrogen-bond donors (Lipinski definition) is 3. The van der Waals surface area contributed by atoms with Crippen molar-refractivity contribution in [3.63, 3.8) is 0 Å². The van der Waals surface area contributed by atoms with Crippen molar-refractivity contribution in [2.24, 2.45) is 11.8 Å². The summed E-state index contributed by atoms with van der Waals surface area (Å²) in [6, 6.07) is 0. The van der Waals surface area contributed by atoms with Crippen LogP contribution in [0.4, 0.5) is 0 Å². The number of amides is 1. The third-order valence-corrected chi connectivity index (χ3v) is 2.99. The number of carbonyl (C=O) groups is 1. The molecule has 0 radical (unpaired) electrons. The van der Waals surface area contributed by atoms with Crippen molar-refractivity contribution in [3.05, 3.63) is 0 Å². The van der Waals surface area contributed by atoms with Crippen molar-refractivity contribution in [2.75, 3.05) is 33.4 Å². The fourth-order valence-electron chi connectivity index (χ4n) is 1.93. The zero-order valence-electron chi connectivity index (χ0n) is 10.0. The minimum Gasteiger partial charge on any atom is -0.391 e. The van der Waals surface area contributed by atoms with Gasteiger partial charge in [0.05, 0.1) is 18.6 Å². The Labute approximate surface area is 96.6 Å². The average molecular weight is 230 g/mol. The van der Waals surface area contributed by atoms with Gasteiger partial charge in [-0.25, -0.2) is 0 Å². The topological polar surface area (TPSA) is 70.6 Å². The van der Waals surface area contributed by atoms with E-state index in [4.69, 9.17) is 4.74 Å². The first-order chi connectivity index (χ1) is 7.65. The molecule has 0 bridgehead atoms. The maximum atomic E-state index is 11.7. The highest BCUT2D eigenvalue weighted by atomic mass is 16.5. The van der Waals surface area contributed by atoms with Crippen LogP contribution in [0.1, 0.15) is 13.3 Å². The lowest BCUT2D eigenvalue weighted by atomic mass is 9.97. The summed E-state index contributed by atoms with van der Waals surface area (Å²) in [5.74, 6) is 0.547. The Morgan fingerprint density at radius 3 is 2.94 bits per heavy atom. The van der Waals surface area contributed by atoms with Crippen LogP contribution in [0, 0.1) is 11.8 Å². The lowest BCUT2D eigenvalue weighted by molar-refractivity contribution is -0.125. The molecule has 0 aromatic carbocycles. The quantitative estimate of drug-likeness (QED) is 0.567. The third-order valence-electron chi connectivity index (χ3n) is 2.99. The molecule has 0 aromatic heterocycles. The van der Waals surface area contributed by atoms with Crippen LogP contribution in [0.15, 0.2) is 0 Å². The van der Waals surface area contributed by atoms with Crippen molar-refractivity contribution >= 4 is 5.91 Å². The van der Waals surface area contributed by atoms with Crippen LogP contribution in [0.3, 0.4) is 0 Å². The number of methoxy groups -OCH3 is 1. The van der Waals surface area contributed by atoms with Crippen LogP contribution >= 0.6 is 0 Å². The van der Waals surface area contributed by atoms with Crippen molar-refractivity contribution in [1.29, 1.82) is 0 Å². The number of nitrogens with one attached hydrogen (secondary N) is 2. The summed E-state index contributed by atoms with van der Waals surface area (Å²) in [5.41, 5.74) is 0. The summed E-state index contributed by atoms with van der Waals surface area (Å²) >= 11 is 0. The number of hydrogen-bond acceptors (Lipinski definition) is 4. The molecule has 16 heavy (non-hydrogen) atoms. The first-order valence-electron chi connectivity index (χ1n) is 5.80. The number of aliphatic hydroxyl groups excluding tert-OH is 1. The molecule has 1 heterocycles. The molecule has 94 valence electrons. The highest BCUT2D eigenvalue weighted by Crippen LogP contribution is 2.15. The average Bonchev–Trinajstić information content (AvgIpc) is 2.64. The molecule has 1 amide bonds. The van der Waals surface area contributed by atoms with Crippen LogP contribution in [0.5, 0.6) is 0 Å². The second-order valence-electron chi connectivity index (χ2n) is 4.43. The summed E-state index contributed by atoms with van der Waals surface area (Å²) in [7, 11) is 1.55. The van der Waals surface area contributed by atoms with Crippen molar-refractivity contribution < 1.29 is 14.6 Å². The summed E-state index contributed by atoms with van der Waals surface area (Å²) in [6.45, 7) is 4.56. The molecule has 1 fully saturated rings. The van der Waals surface area contributed by atoms with Gasteiger partial charge in [-0.1, -0.05) is 6.92 Å². The Bertz CT molecular complexity index is 223. The van der Waals surface area contributed by atoms with Gasteiger partial charge in [0.25, 0.3) is 0 Å². The summed E-state index contributed by atoms with van der Waals surface area (Å²) < 4.78 is 4.81. The van der Waals surface area contributed by atoms with Crippen LogP contribution in [0.2, 0.25) is 0 Å². The summed E-state index contributed by atoms with van der Waals surface area (Å²) in [4.78, 5) is 11.7. The van der Waals surface area contributed by atoms with E-state index in [0.717, 1.165) is 13.1 Å². The van der Waals surface area contributed by atoms with E-state index >= 15 is 0 Å². The van der Waals surface area contributed by atoms with Gasteiger partial charge in [0.1, 0.15) is 0 Å². The predicted molar refractivity (Wildman–Crippen MR) is 61.0 cm³/mol. The van der Waals surface area contributed by atoms with E-state index in [1.165, 1.54) is 0 Å². The Hall–Kier alpha value is -0.650. The summed E-state index contributed by atoms with van der Waals surface area (Å²) in [5, 5.41) is 15.4. The van der Waals surface area contributed by atoms with E-state index in [9.17, 15) is 9.90 Å². The van der Waals surface area contributed by atoms with E-state index in [2.05, 4.69) is 17.6 Å². The molecule has 1 rings (SSSR count). The van der Waals surface area contributed by atoms with Crippen molar-refractivity contribution in [3.8, 4) is 0 Å². The second kappa shape index (κ2) is 6.83. The maximum absolute atomic E-state index is 11.7. The van der Waals surface area contributed by atoms with Gasteiger partial charge in [0, 0.05) is 20.2 Å². The highest BCUT2D eigenvalue weighted by Gasteiger charge is 2.29. The van der Waals surface area contributed by atoms with Crippen molar-refractivity contribution in [1.82, 2.24) is 10.6 Å². The maximum Gasteiger partial charge on any atom is 0.224 e. The van der Waals surface area contributed by atoms with E-state index in [1.54, 1.807) is 7.11 Å². The molecular formula is C11H22N2O3. The van der Waals surface area contributed by atoms with Gasteiger partial charge in [-0.05, 0) is 18.9 Å². The largest absolute Gasteiger partial charge is 0.391 e. The number of carbonyl (C=O) groups excluding carboxylic acids is 1. The van der Waals surface area contributed by atoms with E-state index in [1.807, 2.05) is 0 Å². The Balaban J connectivity index is 2.15. The molecule has 0 saturated carbocycles. The van der Waals surface area contributed by atoms with Crippen LogP contribution in [0.25, 0.3) is 0 Å². The normalized spacial score (nSPS) is 26.7. The van der Waals surface area contributed by atoms with Gasteiger partial charge < -0.3 is 20.5 Å². The molecule has 3 atom stereocenters. The van der Waals surface area contributed by atoms with Gasteiger partial charge in [0.2, 0.25) is 5.91 Å². The molecule has 5 nitrogen and oxygen atoms in total. The molecule has 1 aliphatic heterocycles. The lowest BCUT2D eigenvalue weighted by Crippen LogP contribution is -2.36. The SMILES string of the molecule is COCC(O)CCNC(=O)[C@@H]1CNC[C@H]1C. The van der Waals surface area contributed by atoms with E-state index in [-0.39, 0.29) is 11.8 Å². The Kier molecular flexibility index (Phi) is 5.73. The molecule has 1 saturated heterocycles. The smallest absolute Gasteiger partial charge is 0.224 e. The zero-order valence-corrected chi connectivity index (χ0v) is 10.0. The van der Waals surface area contributed by atoms with Gasteiger partial charge in [0.15, 0.2) is 0 Å². The summed E-state index contributed by atoms with van der Waals surface area (Å²) in [6.07, 6.45) is 0.0399. The minimum atomic E-state index is -0.496. The van der Waals surface area contributed by atoms with Crippen LogP contribution in [-0.2, 0) is 9.53 Å². The molecular weight excluding hydrogens is 208 g/mol. The number of aliphatic hydroxyl groups is 1. The predicted octanol–water partition coefficient (Wildman–Crippen LogP) is -0.644. The zero-order chi connectivity index (χ0) is 12.0. The van der Waals surface area contributed by atoms with Crippen LogP contribution in [-0.4, -0.2) is 50.5 Å². The molecule has 1 unspecified atom stereocenters. The van der Waals surface area contributed by atoms with Gasteiger partial charge in [-0.15, -0.1) is 0 Å². The Morgan fingerprint density at radius 2 is 2.38 bits per heavy atom. The highest BCUT2D eigenvalue weighted by molar-refractivity contribution is 5.79. The van der Waals surface area contributed by atoms with Crippen LogP contribution < -0.4 is 10.6 Å². The monoisotopic (exact) mass is 230 g/mol.